The van der Waals surface area contributed by atoms with E-state index < -0.39 is 0 Å². The van der Waals surface area contributed by atoms with E-state index in [1.54, 1.807) is 7.11 Å². The van der Waals surface area contributed by atoms with Crippen molar-refractivity contribution < 1.29 is 9.53 Å². The van der Waals surface area contributed by atoms with Crippen molar-refractivity contribution in [1.29, 1.82) is 0 Å². The van der Waals surface area contributed by atoms with Gasteiger partial charge in [-0.05, 0) is 30.5 Å². The van der Waals surface area contributed by atoms with Gasteiger partial charge in [0.2, 0.25) is 5.91 Å². The number of methoxy groups -OCH3 is 1. The van der Waals surface area contributed by atoms with Gasteiger partial charge < -0.3 is 15.0 Å². The minimum Gasteiger partial charge on any atom is -0.496 e. The first-order valence-corrected chi connectivity index (χ1v) is 9.85. The largest absolute Gasteiger partial charge is 0.496 e. The summed E-state index contributed by atoms with van der Waals surface area (Å²) in [6, 6.07) is 12.3. The summed E-state index contributed by atoms with van der Waals surface area (Å²) in [5.74, 6) is 0.933. The molecule has 1 atom stereocenters. The van der Waals surface area contributed by atoms with Gasteiger partial charge in [-0.25, -0.2) is 0 Å². The first-order chi connectivity index (χ1) is 13.1. The van der Waals surface area contributed by atoms with Gasteiger partial charge in [0.15, 0.2) is 0 Å². The summed E-state index contributed by atoms with van der Waals surface area (Å²) in [6.07, 6.45) is 1.34. The minimum atomic E-state index is 0.0892. The van der Waals surface area contributed by atoms with Crippen molar-refractivity contribution in [2.24, 2.45) is 0 Å². The number of carbonyl (C=O) groups excluding carboxylic acids is 1. The number of hydrogen-bond acceptors (Lipinski definition) is 4. The first kappa shape index (κ1) is 19.6. The van der Waals surface area contributed by atoms with Crippen LogP contribution in [0.15, 0.2) is 36.4 Å². The van der Waals surface area contributed by atoms with E-state index >= 15 is 0 Å². The third-order valence-corrected chi connectivity index (χ3v) is 5.48. The van der Waals surface area contributed by atoms with Crippen molar-refractivity contribution in [3.8, 4) is 5.75 Å². The monoisotopic (exact) mass is 369 g/mol. The molecule has 1 saturated heterocycles. The minimum absolute atomic E-state index is 0.0892. The van der Waals surface area contributed by atoms with Gasteiger partial charge in [-0.3, -0.25) is 9.69 Å². The lowest BCUT2D eigenvalue weighted by Gasteiger charge is -2.34. The Morgan fingerprint density at radius 1 is 1.11 bits per heavy atom. The standard InChI is InChI=1S/C22H31N3O2/c1-4-18(16-25-13-11-24(2)12-14-25)23-22(26)15-17-9-10-21(27-3)20-8-6-5-7-19(17)20/h5-10,18H,4,11-16H2,1-3H3,(H,23,26)/t18-/m1/s1. The molecule has 1 amide bonds. The van der Waals surface area contributed by atoms with E-state index in [9.17, 15) is 4.79 Å². The molecule has 2 aromatic rings. The number of ether oxygens (including phenoxy) is 1. The zero-order valence-electron chi connectivity index (χ0n) is 16.7. The number of likely N-dealkylation sites (N-methyl/N-ethyl adjacent to an activating group) is 1. The van der Waals surface area contributed by atoms with Gasteiger partial charge in [0.05, 0.1) is 13.5 Å². The van der Waals surface area contributed by atoms with Crippen LogP contribution >= 0.6 is 0 Å². The summed E-state index contributed by atoms with van der Waals surface area (Å²) in [4.78, 5) is 17.5. The van der Waals surface area contributed by atoms with Gasteiger partial charge in [0.25, 0.3) is 0 Å². The van der Waals surface area contributed by atoms with Crippen LogP contribution in [-0.2, 0) is 11.2 Å². The summed E-state index contributed by atoms with van der Waals surface area (Å²) in [7, 11) is 3.84. The Labute approximate surface area is 162 Å². The molecule has 1 N–H and O–H groups in total. The van der Waals surface area contributed by atoms with E-state index in [1.807, 2.05) is 30.3 Å². The molecule has 5 nitrogen and oxygen atoms in total. The number of amides is 1. The molecule has 27 heavy (non-hydrogen) atoms. The second-order valence-electron chi connectivity index (χ2n) is 7.43. The number of carbonyl (C=O) groups is 1. The van der Waals surface area contributed by atoms with Crippen LogP contribution in [0.25, 0.3) is 10.8 Å². The van der Waals surface area contributed by atoms with Gasteiger partial charge in [0, 0.05) is 44.2 Å². The summed E-state index contributed by atoms with van der Waals surface area (Å²) in [5, 5.41) is 5.37. The molecule has 2 aromatic carbocycles. The van der Waals surface area contributed by atoms with Crippen molar-refractivity contribution in [3.63, 3.8) is 0 Å². The lowest BCUT2D eigenvalue weighted by atomic mass is 10.0. The molecule has 0 radical (unpaired) electrons. The van der Waals surface area contributed by atoms with Crippen LogP contribution < -0.4 is 10.1 Å². The van der Waals surface area contributed by atoms with E-state index in [1.165, 1.54) is 0 Å². The Kier molecular flexibility index (Phi) is 6.69. The van der Waals surface area contributed by atoms with E-state index in [-0.39, 0.29) is 11.9 Å². The Morgan fingerprint density at radius 3 is 2.48 bits per heavy atom. The summed E-state index contributed by atoms with van der Waals surface area (Å²) >= 11 is 0. The lowest BCUT2D eigenvalue weighted by Crippen LogP contribution is -2.50. The van der Waals surface area contributed by atoms with Crippen molar-refractivity contribution >= 4 is 16.7 Å². The molecule has 1 aliphatic heterocycles. The highest BCUT2D eigenvalue weighted by atomic mass is 16.5. The maximum Gasteiger partial charge on any atom is 0.224 e. The van der Waals surface area contributed by atoms with Crippen LogP contribution in [0.3, 0.4) is 0 Å². The van der Waals surface area contributed by atoms with Crippen molar-refractivity contribution in [1.82, 2.24) is 15.1 Å². The fourth-order valence-corrected chi connectivity index (χ4v) is 3.74. The number of nitrogens with one attached hydrogen (secondary N) is 1. The number of nitrogens with zero attached hydrogens (tertiary/aromatic N) is 2. The SMILES string of the molecule is CC[C@H](CN1CCN(C)CC1)NC(=O)Cc1ccc(OC)c2ccccc12. The molecule has 0 spiro atoms. The smallest absolute Gasteiger partial charge is 0.224 e. The molecule has 1 aliphatic rings. The molecule has 1 heterocycles. The van der Waals surface area contributed by atoms with Gasteiger partial charge in [0.1, 0.15) is 5.75 Å². The van der Waals surface area contributed by atoms with Crippen LogP contribution in [0.5, 0.6) is 5.75 Å². The highest BCUT2D eigenvalue weighted by molar-refractivity contribution is 5.94. The van der Waals surface area contributed by atoms with Crippen molar-refractivity contribution in [3.05, 3.63) is 42.0 Å². The Balaban J connectivity index is 1.64. The number of rotatable bonds is 7. The molecule has 0 saturated carbocycles. The molecule has 3 rings (SSSR count). The fraction of sp³-hybridized carbons (Fsp3) is 0.500. The second kappa shape index (κ2) is 9.20. The van der Waals surface area contributed by atoms with Crippen LogP contribution in [0.2, 0.25) is 0 Å². The number of fused-ring (bicyclic) bond motifs is 1. The third kappa shape index (κ3) is 4.99. The van der Waals surface area contributed by atoms with E-state index in [2.05, 4.69) is 35.2 Å². The summed E-state index contributed by atoms with van der Waals surface area (Å²) < 4.78 is 5.45. The third-order valence-electron chi connectivity index (χ3n) is 5.48. The molecular weight excluding hydrogens is 338 g/mol. The highest BCUT2D eigenvalue weighted by Gasteiger charge is 2.19. The van der Waals surface area contributed by atoms with Crippen LogP contribution in [0.1, 0.15) is 18.9 Å². The van der Waals surface area contributed by atoms with Gasteiger partial charge >= 0.3 is 0 Å². The maximum absolute atomic E-state index is 12.7. The average molecular weight is 370 g/mol. The van der Waals surface area contributed by atoms with Crippen LogP contribution in [0, 0.1) is 0 Å². The van der Waals surface area contributed by atoms with Crippen molar-refractivity contribution in [2.75, 3.05) is 46.9 Å². The predicted octanol–water partition coefficient (Wildman–Crippen LogP) is 2.53. The molecule has 0 bridgehead atoms. The molecule has 0 unspecified atom stereocenters. The van der Waals surface area contributed by atoms with Gasteiger partial charge in [-0.15, -0.1) is 0 Å². The van der Waals surface area contributed by atoms with Gasteiger partial charge in [-0.2, -0.15) is 0 Å². The molecule has 146 valence electrons. The number of piperazine rings is 1. The normalized spacial score (nSPS) is 17.0. The lowest BCUT2D eigenvalue weighted by molar-refractivity contribution is -0.121. The van der Waals surface area contributed by atoms with Crippen LogP contribution in [0.4, 0.5) is 0 Å². The second-order valence-corrected chi connectivity index (χ2v) is 7.43. The molecule has 0 aromatic heterocycles. The molecular formula is C22H31N3O2. The summed E-state index contributed by atoms with van der Waals surface area (Å²) in [5.41, 5.74) is 1.04. The molecule has 1 fully saturated rings. The zero-order chi connectivity index (χ0) is 19.2. The van der Waals surface area contributed by atoms with E-state index in [4.69, 9.17) is 4.74 Å². The van der Waals surface area contributed by atoms with Crippen LogP contribution in [-0.4, -0.2) is 68.6 Å². The quantitative estimate of drug-likeness (QED) is 0.815. The Hall–Kier alpha value is -2.11. The molecule has 5 heteroatoms. The number of benzene rings is 2. The van der Waals surface area contributed by atoms with Gasteiger partial charge in [-0.1, -0.05) is 37.3 Å². The number of hydrogen-bond donors (Lipinski definition) is 1. The average Bonchev–Trinajstić information content (AvgIpc) is 2.69. The molecule has 0 aliphatic carbocycles. The van der Waals surface area contributed by atoms with Crippen molar-refractivity contribution in [2.45, 2.75) is 25.8 Å². The highest BCUT2D eigenvalue weighted by Crippen LogP contribution is 2.28. The predicted molar refractivity (Wildman–Crippen MR) is 110 cm³/mol. The van der Waals surface area contributed by atoms with E-state index in [0.717, 1.165) is 61.2 Å². The Bertz CT molecular complexity index is 769. The first-order valence-electron chi connectivity index (χ1n) is 9.85. The Morgan fingerprint density at radius 2 is 1.81 bits per heavy atom. The maximum atomic E-state index is 12.7. The van der Waals surface area contributed by atoms with E-state index in [0.29, 0.717) is 6.42 Å². The fourth-order valence-electron chi connectivity index (χ4n) is 3.74. The topological polar surface area (TPSA) is 44.8 Å². The zero-order valence-corrected chi connectivity index (χ0v) is 16.7. The summed E-state index contributed by atoms with van der Waals surface area (Å²) in [6.45, 7) is 7.42.